The van der Waals surface area contributed by atoms with E-state index in [0.29, 0.717) is 30.5 Å². The van der Waals surface area contributed by atoms with Crippen LogP contribution in [-0.2, 0) is 28.7 Å². The second-order valence-electron chi connectivity index (χ2n) is 15.3. The van der Waals surface area contributed by atoms with Crippen molar-refractivity contribution in [2.45, 2.75) is 101 Å². The van der Waals surface area contributed by atoms with Crippen LogP contribution in [-0.4, -0.2) is 94.6 Å². The van der Waals surface area contributed by atoms with Gasteiger partial charge in [0.1, 0.15) is 17.7 Å². The van der Waals surface area contributed by atoms with Crippen LogP contribution in [0.25, 0.3) is 0 Å². The number of hydrogen-bond acceptors (Lipinski definition) is 8. The van der Waals surface area contributed by atoms with E-state index < -0.39 is 59.6 Å². The average Bonchev–Trinajstić information content (AvgIpc) is 3.77. The van der Waals surface area contributed by atoms with Crippen molar-refractivity contribution in [1.82, 2.24) is 10.2 Å². The van der Waals surface area contributed by atoms with Crippen LogP contribution in [0.2, 0.25) is 0 Å². The maximum absolute atomic E-state index is 15.2. The smallest absolute Gasteiger partial charge is 0.313 e. The number of aliphatic hydroxyl groups is 1. The predicted molar refractivity (Wildman–Crippen MR) is 218 cm³/mol. The van der Waals surface area contributed by atoms with Gasteiger partial charge in [-0.25, -0.2) is 0 Å². The van der Waals surface area contributed by atoms with E-state index in [2.05, 4.69) is 53.2 Å². The van der Waals surface area contributed by atoms with Crippen LogP contribution in [0.15, 0.2) is 79.9 Å². The minimum absolute atomic E-state index is 0.0901. The van der Waals surface area contributed by atoms with Crippen LogP contribution in [0.3, 0.4) is 0 Å². The van der Waals surface area contributed by atoms with Gasteiger partial charge in [-0.3, -0.25) is 19.2 Å². The van der Waals surface area contributed by atoms with Crippen molar-refractivity contribution in [3.63, 3.8) is 0 Å². The number of nitrogens with one attached hydrogen (secondary N) is 1. The highest BCUT2D eigenvalue weighted by atomic mass is 79.9. The average molecular weight is 822 g/mol. The maximum atomic E-state index is 15.2. The van der Waals surface area contributed by atoms with E-state index in [0.717, 1.165) is 18.8 Å². The molecule has 12 heteroatoms. The van der Waals surface area contributed by atoms with Crippen LogP contribution >= 0.6 is 15.9 Å². The summed E-state index contributed by atoms with van der Waals surface area (Å²) in [7, 11) is 0. The van der Waals surface area contributed by atoms with Gasteiger partial charge in [0.2, 0.25) is 11.8 Å². The molecule has 2 aromatic carbocycles. The van der Waals surface area contributed by atoms with Crippen molar-refractivity contribution in [1.29, 1.82) is 0 Å². The molecule has 3 heterocycles. The van der Waals surface area contributed by atoms with Crippen LogP contribution in [0.1, 0.15) is 72.0 Å². The SMILES string of the molecule is C=CCCC(=O)N[C@H](C)[C@@H](OC(=O)[C@@H]1[C@H]2O[C@@]3(CC2Br)[C@H](C(=O)N(CC=C)c2ccc(N(CC)CC)cc2)N([C@@H](CO)CC(C)C)C(=O)[C@@H]13)c1ccccc1. The molecule has 3 aliphatic rings. The first-order chi connectivity index (χ1) is 26.4. The van der Waals surface area contributed by atoms with E-state index in [1.54, 1.807) is 24.0 Å². The zero-order valence-electron chi connectivity index (χ0n) is 32.7. The second kappa shape index (κ2) is 18.3. The quantitative estimate of drug-likeness (QED) is 0.101. The van der Waals surface area contributed by atoms with Crippen molar-refractivity contribution >= 4 is 51.0 Å². The van der Waals surface area contributed by atoms with E-state index >= 15 is 4.79 Å². The summed E-state index contributed by atoms with van der Waals surface area (Å²) < 4.78 is 13.1. The number of aliphatic hydroxyl groups excluding tert-OH is 1. The highest BCUT2D eigenvalue weighted by Crippen LogP contribution is 2.61. The van der Waals surface area contributed by atoms with Crippen molar-refractivity contribution in [2.24, 2.45) is 17.8 Å². The number of amides is 3. The third-order valence-corrected chi connectivity index (χ3v) is 12.1. The number of alkyl halides is 1. The Bertz CT molecular complexity index is 1690. The number of fused-ring (bicyclic) bond motifs is 1. The molecular weight excluding hydrogens is 764 g/mol. The molecule has 2 bridgehead atoms. The van der Waals surface area contributed by atoms with Gasteiger partial charge in [-0.15, -0.1) is 13.2 Å². The predicted octanol–water partition coefficient (Wildman–Crippen LogP) is 5.96. The molecule has 0 saturated carbocycles. The first-order valence-corrected chi connectivity index (χ1v) is 20.5. The Morgan fingerprint density at radius 1 is 1.05 bits per heavy atom. The molecule has 55 heavy (non-hydrogen) atoms. The molecule has 2 N–H and O–H groups in total. The number of carbonyl (C=O) groups is 4. The highest BCUT2D eigenvalue weighted by molar-refractivity contribution is 9.09. The summed E-state index contributed by atoms with van der Waals surface area (Å²) in [4.78, 5) is 62.5. The number of benzene rings is 2. The summed E-state index contributed by atoms with van der Waals surface area (Å²) in [5, 5.41) is 13.8. The number of nitrogens with zero attached hydrogens (tertiary/aromatic N) is 3. The number of anilines is 2. The van der Waals surface area contributed by atoms with Gasteiger partial charge in [-0.1, -0.05) is 72.3 Å². The number of halogens is 1. The Labute approximate surface area is 334 Å². The summed E-state index contributed by atoms with van der Waals surface area (Å²) in [6.07, 6.45) is 3.16. The Morgan fingerprint density at radius 3 is 2.29 bits per heavy atom. The Hall–Kier alpha value is -4.00. The standard InChI is InChI=1S/C43H57BrN4O7/c1-8-12-18-34(50)45-28(7)37(29-16-14-13-15-17-29)54-42(53)35-36-40(51)48(32(26-49)24-27(5)6)39(43(36)25-33(44)38(35)55-43)41(52)47(23-9-2)31-21-19-30(20-22-31)46(10-3)11-4/h8-9,13-17,19-22,27-28,32-33,35-39,49H,1-2,10-12,18,23-26H2,3-7H3,(H,45,50)/t28-,32-,33?,35+,36-,37-,38+,39+,43-/m1/s1. The highest BCUT2D eigenvalue weighted by Gasteiger charge is 2.77. The third kappa shape index (κ3) is 8.42. The van der Waals surface area contributed by atoms with Crippen LogP contribution in [0, 0.1) is 17.8 Å². The van der Waals surface area contributed by atoms with Crippen molar-refractivity contribution in [3.05, 3.63) is 85.5 Å². The number of carbonyl (C=O) groups excluding carboxylic acids is 4. The molecule has 11 nitrogen and oxygen atoms in total. The summed E-state index contributed by atoms with van der Waals surface area (Å²) in [6, 6.07) is 14.5. The van der Waals surface area contributed by atoms with Gasteiger partial charge in [0, 0.05) is 42.3 Å². The lowest BCUT2D eigenvalue weighted by molar-refractivity contribution is -0.162. The molecule has 2 aromatic rings. The molecule has 5 rings (SSSR count). The number of ether oxygens (including phenoxy) is 2. The van der Waals surface area contributed by atoms with Gasteiger partial charge in [-0.2, -0.15) is 0 Å². The minimum Gasteiger partial charge on any atom is -0.455 e. The molecule has 3 aliphatic heterocycles. The van der Waals surface area contributed by atoms with E-state index in [1.807, 2.05) is 68.4 Å². The summed E-state index contributed by atoms with van der Waals surface area (Å²) in [5.74, 6) is -3.66. The first-order valence-electron chi connectivity index (χ1n) is 19.5. The minimum atomic E-state index is -1.38. The Kier molecular flexibility index (Phi) is 14.0. The van der Waals surface area contributed by atoms with Gasteiger partial charge < -0.3 is 34.6 Å². The van der Waals surface area contributed by atoms with Gasteiger partial charge in [0.15, 0.2) is 0 Å². The van der Waals surface area contributed by atoms with Crippen LogP contribution in [0.5, 0.6) is 0 Å². The molecule has 298 valence electrons. The fraction of sp³-hybridized carbons (Fsp3) is 0.535. The van der Waals surface area contributed by atoms with Crippen LogP contribution in [0.4, 0.5) is 11.4 Å². The topological polar surface area (TPSA) is 129 Å². The van der Waals surface area contributed by atoms with Crippen LogP contribution < -0.4 is 15.1 Å². The summed E-state index contributed by atoms with van der Waals surface area (Å²) >= 11 is 3.77. The van der Waals surface area contributed by atoms with E-state index in [1.165, 1.54) is 4.90 Å². The molecule has 1 spiro atoms. The second-order valence-corrected chi connectivity index (χ2v) is 16.4. The molecule has 9 atom stereocenters. The van der Waals surface area contributed by atoms with Gasteiger partial charge in [0.05, 0.1) is 36.6 Å². The third-order valence-electron chi connectivity index (χ3n) is 11.2. The number of rotatable bonds is 19. The molecule has 0 aromatic heterocycles. The lowest BCUT2D eigenvalue weighted by Gasteiger charge is -2.40. The maximum Gasteiger partial charge on any atom is 0.313 e. The lowest BCUT2D eigenvalue weighted by Crippen LogP contribution is -2.59. The van der Waals surface area contributed by atoms with Gasteiger partial charge >= 0.3 is 5.97 Å². The molecule has 3 amide bonds. The Morgan fingerprint density at radius 2 is 1.71 bits per heavy atom. The monoisotopic (exact) mass is 820 g/mol. The zero-order valence-corrected chi connectivity index (χ0v) is 34.3. The molecule has 0 radical (unpaired) electrons. The van der Waals surface area contributed by atoms with E-state index in [9.17, 15) is 19.5 Å². The number of allylic oxidation sites excluding steroid dienone is 1. The largest absolute Gasteiger partial charge is 0.455 e. The fourth-order valence-electron chi connectivity index (χ4n) is 8.80. The number of hydrogen-bond donors (Lipinski definition) is 2. The van der Waals surface area contributed by atoms with E-state index in [4.69, 9.17) is 9.47 Å². The summed E-state index contributed by atoms with van der Waals surface area (Å²) in [6.45, 7) is 19.0. The zero-order chi connectivity index (χ0) is 40.0. The fourth-order valence-corrected chi connectivity index (χ4v) is 9.74. The number of likely N-dealkylation sites (tertiary alicyclic amines) is 1. The van der Waals surface area contributed by atoms with Crippen molar-refractivity contribution < 1.29 is 33.8 Å². The Balaban J connectivity index is 1.54. The molecule has 1 unspecified atom stereocenters. The lowest BCUT2D eigenvalue weighted by atomic mass is 9.70. The molecule has 0 aliphatic carbocycles. The molecule has 3 fully saturated rings. The van der Waals surface area contributed by atoms with Crippen molar-refractivity contribution in [2.75, 3.05) is 36.0 Å². The van der Waals surface area contributed by atoms with E-state index in [-0.39, 0.29) is 42.1 Å². The molecular formula is C43H57BrN4O7. The van der Waals surface area contributed by atoms with Gasteiger partial charge in [0.25, 0.3) is 5.91 Å². The number of esters is 1. The first kappa shape index (κ1) is 42.1. The summed E-state index contributed by atoms with van der Waals surface area (Å²) in [5.41, 5.74) is 0.951. The van der Waals surface area contributed by atoms with Gasteiger partial charge in [-0.05, 0) is 75.8 Å². The normalized spacial score (nSPS) is 25.6. The molecule has 3 saturated heterocycles. The van der Waals surface area contributed by atoms with Crippen molar-refractivity contribution in [3.8, 4) is 0 Å².